The molecule has 2 aromatic rings. The fourth-order valence-electron chi connectivity index (χ4n) is 2.52. The Labute approximate surface area is 136 Å². The number of aromatic hydroxyl groups is 2. The summed E-state index contributed by atoms with van der Waals surface area (Å²) in [4.78, 5) is 0. The number of phenols is 2. The first-order valence-electron chi connectivity index (χ1n) is 7.35. The Morgan fingerprint density at radius 3 is 1.87 bits per heavy atom. The van der Waals surface area contributed by atoms with Crippen LogP contribution in [0.25, 0.3) is 0 Å². The molecule has 0 aliphatic heterocycles. The standard InChI is InChI=1S/C17H20O5S/c18-16-7-2-13(3-8-16)1-4-15(11-12-23(20,21)22)14-5-9-17(19)10-6-14/h2-3,5-10,15,18-19H,1,4,11-12H2,(H,20,21,22). The monoisotopic (exact) mass is 336 g/mol. The number of hydrogen-bond acceptors (Lipinski definition) is 4. The molecule has 2 rings (SSSR count). The smallest absolute Gasteiger partial charge is 0.264 e. The minimum Gasteiger partial charge on any atom is -0.508 e. The number of rotatable bonds is 7. The minimum atomic E-state index is -4.01. The summed E-state index contributed by atoms with van der Waals surface area (Å²) in [5.74, 6) is 0.0102. The average molecular weight is 336 g/mol. The molecule has 3 N–H and O–H groups in total. The number of phenolic OH excluding ortho intramolecular Hbond substituents is 2. The second-order valence-electron chi connectivity index (χ2n) is 5.57. The third kappa shape index (κ3) is 5.92. The summed E-state index contributed by atoms with van der Waals surface area (Å²) in [6.45, 7) is 0. The highest BCUT2D eigenvalue weighted by Crippen LogP contribution is 2.27. The maximum absolute atomic E-state index is 11.0. The van der Waals surface area contributed by atoms with Crippen LogP contribution in [0.5, 0.6) is 11.5 Å². The third-order valence-electron chi connectivity index (χ3n) is 3.81. The first-order chi connectivity index (χ1) is 10.8. The molecule has 0 bridgehead atoms. The molecule has 0 heterocycles. The topological polar surface area (TPSA) is 94.8 Å². The van der Waals surface area contributed by atoms with Gasteiger partial charge in [-0.15, -0.1) is 0 Å². The highest BCUT2D eigenvalue weighted by molar-refractivity contribution is 7.85. The molecule has 0 fully saturated rings. The van der Waals surface area contributed by atoms with E-state index in [4.69, 9.17) is 4.55 Å². The van der Waals surface area contributed by atoms with E-state index in [9.17, 15) is 18.6 Å². The molecule has 6 heteroatoms. The Kier molecular flexibility index (Phi) is 5.63. The molecule has 124 valence electrons. The Morgan fingerprint density at radius 2 is 1.35 bits per heavy atom. The summed E-state index contributed by atoms with van der Waals surface area (Å²) in [5, 5.41) is 18.7. The van der Waals surface area contributed by atoms with Crippen LogP contribution < -0.4 is 0 Å². The SMILES string of the molecule is O=S(=O)(O)CCC(CCc1ccc(O)cc1)c1ccc(O)cc1. The lowest BCUT2D eigenvalue weighted by Crippen LogP contribution is -2.10. The summed E-state index contributed by atoms with van der Waals surface area (Å²) < 4.78 is 31.0. The van der Waals surface area contributed by atoms with Crippen LogP contribution in [0.3, 0.4) is 0 Å². The van der Waals surface area contributed by atoms with E-state index in [0.29, 0.717) is 12.8 Å². The van der Waals surface area contributed by atoms with E-state index in [2.05, 4.69) is 0 Å². The number of benzene rings is 2. The predicted molar refractivity (Wildman–Crippen MR) is 88.3 cm³/mol. The number of hydrogen-bond donors (Lipinski definition) is 3. The second-order valence-corrected chi connectivity index (χ2v) is 7.14. The van der Waals surface area contributed by atoms with Gasteiger partial charge >= 0.3 is 0 Å². The highest BCUT2D eigenvalue weighted by atomic mass is 32.2. The molecule has 0 radical (unpaired) electrons. The van der Waals surface area contributed by atoms with Gasteiger partial charge in [-0.05, 0) is 60.6 Å². The van der Waals surface area contributed by atoms with Gasteiger partial charge in [-0.25, -0.2) is 0 Å². The van der Waals surface area contributed by atoms with E-state index in [1.165, 1.54) is 0 Å². The molecule has 23 heavy (non-hydrogen) atoms. The van der Waals surface area contributed by atoms with E-state index in [0.717, 1.165) is 17.5 Å². The van der Waals surface area contributed by atoms with Gasteiger partial charge in [0.25, 0.3) is 10.1 Å². The van der Waals surface area contributed by atoms with Gasteiger partial charge in [0.05, 0.1) is 5.75 Å². The maximum Gasteiger partial charge on any atom is 0.264 e. The van der Waals surface area contributed by atoms with Crippen molar-refractivity contribution < 1.29 is 23.2 Å². The Morgan fingerprint density at radius 1 is 0.826 bits per heavy atom. The number of aryl methyl sites for hydroxylation is 1. The molecule has 5 nitrogen and oxygen atoms in total. The van der Waals surface area contributed by atoms with E-state index < -0.39 is 10.1 Å². The zero-order valence-corrected chi connectivity index (χ0v) is 13.4. The van der Waals surface area contributed by atoms with Crippen LogP contribution in [-0.4, -0.2) is 28.9 Å². The first kappa shape index (κ1) is 17.3. The fourth-order valence-corrected chi connectivity index (χ4v) is 3.10. The van der Waals surface area contributed by atoms with Crippen LogP contribution in [0.1, 0.15) is 29.9 Å². The van der Waals surface area contributed by atoms with E-state index in [1.807, 2.05) is 12.1 Å². The van der Waals surface area contributed by atoms with Gasteiger partial charge in [-0.3, -0.25) is 4.55 Å². The third-order valence-corrected chi connectivity index (χ3v) is 4.56. The molecule has 1 unspecified atom stereocenters. The molecule has 1 atom stereocenters. The van der Waals surface area contributed by atoms with Crippen molar-refractivity contribution in [3.63, 3.8) is 0 Å². The molecule has 0 aromatic heterocycles. The molecule has 0 amide bonds. The molecule has 0 saturated heterocycles. The molecular formula is C17H20O5S. The lowest BCUT2D eigenvalue weighted by molar-refractivity contribution is 0.470. The Bertz CT molecular complexity index is 721. The van der Waals surface area contributed by atoms with Gasteiger partial charge in [0.15, 0.2) is 0 Å². The quantitative estimate of drug-likeness (QED) is 0.675. The van der Waals surface area contributed by atoms with Crippen molar-refractivity contribution >= 4 is 10.1 Å². The van der Waals surface area contributed by atoms with Gasteiger partial charge in [-0.1, -0.05) is 24.3 Å². The van der Waals surface area contributed by atoms with Crippen molar-refractivity contribution in [2.45, 2.75) is 25.2 Å². The van der Waals surface area contributed by atoms with Crippen LogP contribution in [0.15, 0.2) is 48.5 Å². The van der Waals surface area contributed by atoms with Crippen LogP contribution in [0.2, 0.25) is 0 Å². The summed E-state index contributed by atoms with van der Waals surface area (Å²) in [6, 6.07) is 13.5. The largest absolute Gasteiger partial charge is 0.508 e. The summed E-state index contributed by atoms with van der Waals surface area (Å²) >= 11 is 0. The molecule has 0 saturated carbocycles. The fraction of sp³-hybridized carbons (Fsp3) is 0.294. The first-order valence-corrected chi connectivity index (χ1v) is 8.96. The molecule has 0 spiro atoms. The van der Waals surface area contributed by atoms with Gasteiger partial charge in [0, 0.05) is 0 Å². The zero-order valence-electron chi connectivity index (χ0n) is 12.6. The minimum absolute atomic E-state index is 0.0497. The van der Waals surface area contributed by atoms with Crippen LogP contribution in [-0.2, 0) is 16.5 Å². The van der Waals surface area contributed by atoms with Crippen LogP contribution >= 0.6 is 0 Å². The van der Waals surface area contributed by atoms with Crippen molar-refractivity contribution in [1.29, 1.82) is 0 Å². The summed E-state index contributed by atoms with van der Waals surface area (Å²) in [6.07, 6.45) is 1.73. The van der Waals surface area contributed by atoms with Crippen molar-refractivity contribution in [3.05, 3.63) is 59.7 Å². The molecule has 2 aromatic carbocycles. The molecule has 0 aliphatic rings. The van der Waals surface area contributed by atoms with Gasteiger partial charge in [0.2, 0.25) is 0 Å². The van der Waals surface area contributed by atoms with Crippen molar-refractivity contribution in [2.24, 2.45) is 0 Å². The molecule has 0 aliphatic carbocycles. The van der Waals surface area contributed by atoms with Gasteiger partial charge in [-0.2, -0.15) is 8.42 Å². The lowest BCUT2D eigenvalue weighted by atomic mass is 9.90. The van der Waals surface area contributed by atoms with Crippen molar-refractivity contribution in [1.82, 2.24) is 0 Å². The Hall–Kier alpha value is -2.05. The van der Waals surface area contributed by atoms with E-state index in [-0.39, 0.29) is 23.2 Å². The van der Waals surface area contributed by atoms with Crippen molar-refractivity contribution in [2.75, 3.05) is 5.75 Å². The van der Waals surface area contributed by atoms with Gasteiger partial charge < -0.3 is 10.2 Å². The lowest BCUT2D eigenvalue weighted by Gasteiger charge is -2.17. The zero-order chi connectivity index (χ0) is 16.9. The highest BCUT2D eigenvalue weighted by Gasteiger charge is 2.16. The van der Waals surface area contributed by atoms with Crippen LogP contribution in [0.4, 0.5) is 0 Å². The molecular weight excluding hydrogens is 316 g/mol. The summed E-state index contributed by atoms with van der Waals surface area (Å²) in [5.41, 5.74) is 1.96. The maximum atomic E-state index is 11.0. The van der Waals surface area contributed by atoms with E-state index >= 15 is 0 Å². The Balaban J connectivity index is 2.09. The summed E-state index contributed by atoms with van der Waals surface area (Å²) in [7, 11) is -4.01. The predicted octanol–water partition coefficient (Wildman–Crippen LogP) is 3.09. The van der Waals surface area contributed by atoms with Gasteiger partial charge in [0.1, 0.15) is 11.5 Å². The normalized spacial score (nSPS) is 12.9. The second kappa shape index (κ2) is 7.48. The van der Waals surface area contributed by atoms with Crippen molar-refractivity contribution in [3.8, 4) is 11.5 Å². The average Bonchev–Trinajstić information content (AvgIpc) is 2.49. The van der Waals surface area contributed by atoms with E-state index in [1.54, 1.807) is 36.4 Å². The van der Waals surface area contributed by atoms with Crippen LogP contribution in [0, 0.1) is 0 Å².